The molecule has 0 unspecified atom stereocenters. The molecule has 6 aromatic rings. The molecule has 0 radical (unpaired) electrons. The number of fused-ring (bicyclic) bond motifs is 1. The highest BCUT2D eigenvalue weighted by Crippen LogP contribution is 2.43. The van der Waals surface area contributed by atoms with Crippen LogP contribution in [0.4, 0.5) is 5.82 Å². The van der Waals surface area contributed by atoms with E-state index in [4.69, 9.17) is 23.7 Å². The second-order valence-electron chi connectivity index (χ2n) is 11.9. The summed E-state index contributed by atoms with van der Waals surface area (Å²) in [5, 5.41) is 14.4. The van der Waals surface area contributed by atoms with E-state index in [0.717, 1.165) is 16.7 Å². The van der Waals surface area contributed by atoms with Crippen LogP contribution in [0.15, 0.2) is 122 Å². The van der Waals surface area contributed by atoms with Crippen LogP contribution in [-0.4, -0.2) is 76.8 Å². The maximum Gasteiger partial charge on any atom is 0.256 e. The minimum Gasteiger partial charge on any atom is -0.497 e. The summed E-state index contributed by atoms with van der Waals surface area (Å²) in [4.78, 5) is 26.1. The highest BCUT2D eigenvalue weighted by molar-refractivity contribution is 6.06. The molecule has 4 aromatic carbocycles. The molecule has 2 aromatic heterocycles. The molecular formula is C39H37N5O7. The number of aromatic nitrogens is 4. The lowest BCUT2D eigenvalue weighted by Crippen LogP contribution is -2.40. The summed E-state index contributed by atoms with van der Waals surface area (Å²) >= 11 is 0. The average molecular weight is 688 g/mol. The fourth-order valence-corrected chi connectivity index (χ4v) is 6.55. The third kappa shape index (κ3) is 6.41. The molecule has 4 atom stereocenters. The van der Waals surface area contributed by atoms with Crippen molar-refractivity contribution in [3.63, 3.8) is 0 Å². The molecule has 12 nitrogen and oxygen atoms in total. The number of imidazole rings is 1. The molecule has 260 valence electrons. The highest BCUT2D eigenvalue weighted by Gasteiger charge is 2.48. The molecule has 0 saturated carbocycles. The van der Waals surface area contributed by atoms with E-state index in [9.17, 15) is 9.90 Å². The number of methoxy groups -OCH3 is 3. The van der Waals surface area contributed by atoms with Crippen molar-refractivity contribution in [1.29, 1.82) is 0 Å². The number of carbonyl (C=O) groups is 1. The van der Waals surface area contributed by atoms with Crippen LogP contribution in [0.2, 0.25) is 0 Å². The van der Waals surface area contributed by atoms with Gasteiger partial charge in [0, 0.05) is 12.7 Å². The Morgan fingerprint density at radius 2 is 1.39 bits per heavy atom. The second kappa shape index (κ2) is 14.7. The van der Waals surface area contributed by atoms with Crippen molar-refractivity contribution in [2.75, 3.05) is 33.3 Å². The molecule has 1 amide bonds. The number of benzene rings is 4. The third-order valence-corrected chi connectivity index (χ3v) is 9.12. The number of anilines is 1. The van der Waals surface area contributed by atoms with Crippen molar-refractivity contribution in [1.82, 2.24) is 19.5 Å². The first-order valence-corrected chi connectivity index (χ1v) is 16.4. The zero-order valence-electron chi connectivity index (χ0n) is 28.2. The van der Waals surface area contributed by atoms with Gasteiger partial charge in [-0.25, -0.2) is 15.0 Å². The minimum absolute atomic E-state index is 0.0268. The summed E-state index contributed by atoms with van der Waals surface area (Å²) in [7, 11) is 4.77. The van der Waals surface area contributed by atoms with Gasteiger partial charge in [0.15, 0.2) is 23.2 Å². The Kier molecular flexibility index (Phi) is 9.73. The van der Waals surface area contributed by atoms with E-state index in [1.165, 1.54) is 19.8 Å². The lowest BCUT2D eigenvalue weighted by Gasteiger charge is -2.37. The van der Waals surface area contributed by atoms with E-state index >= 15 is 0 Å². The van der Waals surface area contributed by atoms with Crippen molar-refractivity contribution in [3.8, 4) is 11.5 Å². The number of hydrogen-bond donors (Lipinski definition) is 2. The number of aliphatic hydroxyl groups excluding tert-OH is 1. The van der Waals surface area contributed by atoms with Gasteiger partial charge in [0.1, 0.15) is 41.7 Å². The first-order valence-electron chi connectivity index (χ1n) is 16.4. The fourth-order valence-electron chi connectivity index (χ4n) is 6.55. The van der Waals surface area contributed by atoms with Gasteiger partial charge in [-0.3, -0.25) is 9.36 Å². The number of amides is 1. The summed E-state index contributed by atoms with van der Waals surface area (Å²) in [5.41, 5.74) is 2.66. The Morgan fingerprint density at radius 3 is 1.98 bits per heavy atom. The molecule has 51 heavy (non-hydrogen) atoms. The van der Waals surface area contributed by atoms with Gasteiger partial charge in [0.25, 0.3) is 5.91 Å². The highest BCUT2D eigenvalue weighted by atomic mass is 16.6. The molecule has 1 aliphatic rings. The van der Waals surface area contributed by atoms with E-state index in [2.05, 4.69) is 20.3 Å². The van der Waals surface area contributed by atoms with Crippen LogP contribution in [-0.2, 0) is 19.8 Å². The van der Waals surface area contributed by atoms with Crippen LogP contribution >= 0.6 is 0 Å². The smallest absolute Gasteiger partial charge is 0.256 e. The van der Waals surface area contributed by atoms with Gasteiger partial charge in [-0.1, -0.05) is 72.8 Å². The fraction of sp³-hybridized carbons (Fsp3) is 0.231. The van der Waals surface area contributed by atoms with E-state index in [1.54, 1.807) is 43.1 Å². The Bertz CT molecular complexity index is 2030. The van der Waals surface area contributed by atoms with Gasteiger partial charge in [-0.2, -0.15) is 0 Å². The van der Waals surface area contributed by atoms with Gasteiger partial charge in [-0.05, 0) is 53.1 Å². The van der Waals surface area contributed by atoms with E-state index in [0.29, 0.717) is 28.2 Å². The number of nitrogens with one attached hydrogen (secondary N) is 1. The van der Waals surface area contributed by atoms with Gasteiger partial charge >= 0.3 is 0 Å². The third-order valence-electron chi connectivity index (χ3n) is 9.12. The molecule has 1 fully saturated rings. The van der Waals surface area contributed by atoms with E-state index in [1.807, 2.05) is 84.9 Å². The van der Waals surface area contributed by atoms with Crippen molar-refractivity contribution in [3.05, 3.63) is 144 Å². The number of rotatable bonds is 12. The standard InChI is InChI=1S/C39H37N5O7/c1-47-29-18-14-27(15-19-29)39(26-12-8-5-9-13-26,28-16-20-30(48-2)21-17-28)50-22-31-34(49-3)33(45)38(51-31)44-24-42-32-35(40-23-41-36(32)44)43-37(46)25-10-6-4-7-11-25/h4-21,23-24,31,33-34,38,45H,22H2,1-3H3,(H,40,41,43,46)/t31-,33-,34-,38-/m1/s1. The molecular weight excluding hydrogens is 650 g/mol. The minimum atomic E-state index is -1.12. The SMILES string of the molecule is COc1ccc(C(OC[C@H]2O[C@@H](n3cnc4c(NC(=O)c5ccccc5)ncnc43)[C@H](O)[C@@H]2OC)(c2ccccc2)c2ccc(OC)cc2)cc1. The van der Waals surface area contributed by atoms with Crippen LogP contribution in [0.3, 0.4) is 0 Å². The van der Waals surface area contributed by atoms with Crippen molar-refractivity contribution < 1.29 is 33.6 Å². The van der Waals surface area contributed by atoms with Gasteiger partial charge < -0.3 is 34.1 Å². The zero-order chi connectivity index (χ0) is 35.4. The number of hydrogen-bond acceptors (Lipinski definition) is 10. The number of aliphatic hydroxyl groups is 1. The van der Waals surface area contributed by atoms with Gasteiger partial charge in [0.05, 0.1) is 27.2 Å². The normalized spacial score (nSPS) is 18.8. The van der Waals surface area contributed by atoms with E-state index in [-0.39, 0.29) is 18.3 Å². The Labute approximate surface area is 294 Å². The number of carbonyl (C=O) groups excluding carboxylic acids is 1. The zero-order valence-corrected chi connectivity index (χ0v) is 28.2. The molecule has 1 aliphatic heterocycles. The molecule has 0 aliphatic carbocycles. The van der Waals surface area contributed by atoms with Crippen molar-refractivity contribution >= 4 is 22.9 Å². The topological polar surface area (TPSA) is 139 Å². The molecule has 1 saturated heterocycles. The summed E-state index contributed by atoms with van der Waals surface area (Å²) in [6.45, 7) is 0.0268. The van der Waals surface area contributed by atoms with Crippen LogP contribution in [0.5, 0.6) is 11.5 Å². The van der Waals surface area contributed by atoms with Gasteiger partial charge in [0.2, 0.25) is 0 Å². The monoisotopic (exact) mass is 687 g/mol. The van der Waals surface area contributed by atoms with Crippen molar-refractivity contribution in [2.24, 2.45) is 0 Å². The molecule has 12 heteroatoms. The molecule has 2 N–H and O–H groups in total. The second-order valence-corrected chi connectivity index (χ2v) is 11.9. The maximum absolute atomic E-state index is 12.9. The van der Waals surface area contributed by atoms with Crippen LogP contribution in [0, 0.1) is 0 Å². The number of nitrogens with zero attached hydrogens (tertiary/aromatic N) is 4. The lowest BCUT2D eigenvalue weighted by molar-refractivity contribution is -0.0981. The molecule has 0 bridgehead atoms. The predicted molar refractivity (Wildman–Crippen MR) is 189 cm³/mol. The lowest BCUT2D eigenvalue weighted by atomic mass is 9.80. The van der Waals surface area contributed by atoms with Gasteiger partial charge in [-0.15, -0.1) is 0 Å². The Hall–Kier alpha value is -5.66. The van der Waals surface area contributed by atoms with Crippen LogP contribution < -0.4 is 14.8 Å². The summed E-state index contributed by atoms with van der Waals surface area (Å²) in [6, 6.07) is 34.2. The first-order chi connectivity index (χ1) is 25.0. The quantitative estimate of drug-likeness (QED) is 0.161. The predicted octanol–water partition coefficient (Wildman–Crippen LogP) is 5.38. The maximum atomic E-state index is 12.9. The molecule has 0 spiro atoms. The number of ether oxygens (including phenoxy) is 5. The first kappa shape index (κ1) is 33.8. The summed E-state index contributed by atoms with van der Waals surface area (Å²) in [6.07, 6.45) is -0.711. The largest absolute Gasteiger partial charge is 0.497 e. The Balaban J connectivity index is 1.22. The van der Waals surface area contributed by atoms with Crippen LogP contribution in [0.1, 0.15) is 33.3 Å². The summed E-state index contributed by atoms with van der Waals surface area (Å²) < 4.78 is 32.0. The van der Waals surface area contributed by atoms with Crippen LogP contribution in [0.25, 0.3) is 11.2 Å². The Morgan fingerprint density at radius 1 is 0.804 bits per heavy atom. The molecule has 3 heterocycles. The van der Waals surface area contributed by atoms with E-state index < -0.39 is 30.1 Å². The molecule has 7 rings (SSSR count). The van der Waals surface area contributed by atoms with Crippen molar-refractivity contribution in [2.45, 2.75) is 30.1 Å². The average Bonchev–Trinajstić information content (AvgIpc) is 3.76. The summed E-state index contributed by atoms with van der Waals surface area (Å²) in [5.74, 6) is 1.31.